The maximum Gasteiger partial charge on any atom is 0.154 e. The van der Waals surface area contributed by atoms with Crippen molar-refractivity contribution in [1.29, 1.82) is 0 Å². The highest BCUT2D eigenvalue weighted by Crippen LogP contribution is 2.62. The predicted octanol–water partition coefficient (Wildman–Crippen LogP) is 1.32. The Balaban J connectivity index is 2.42. The summed E-state index contributed by atoms with van der Waals surface area (Å²) in [6.45, 7) is 2.14. The number of benzene rings is 1. The third-order valence-electron chi connectivity index (χ3n) is 4.19. The first kappa shape index (κ1) is 15.4. The first-order valence-corrected chi connectivity index (χ1v) is 8.30. The summed E-state index contributed by atoms with van der Waals surface area (Å²) >= 11 is 0. The molecule has 4 nitrogen and oxygen atoms in total. The molecule has 20 heavy (non-hydrogen) atoms. The highest BCUT2D eigenvalue weighted by molar-refractivity contribution is 7.92. The molecule has 3 atom stereocenters. The van der Waals surface area contributed by atoms with E-state index in [-0.39, 0.29) is 30.6 Å². The molecule has 1 aliphatic rings. The molecular formula is C14H20FNO3S. The van der Waals surface area contributed by atoms with Gasteiger partial charge in [-0.1, -0.05) is 19.1 Å². The number of hydrogen-bond donors (Lipinski definition) is 1. The third-order valence-corrected chi connectivity index (χ3v) is 6.51. The Bertz CT molecular complexity index is 573. The van der Waals surface area contributed by atoms with Crippen LogP contribution < -0.4 is 5.73 Å². The van der Waals surface area contributed by atoms with Crippen molar-refractivity contribution in [2.75, 3.05) is 26.0 Å². The zero-order chi connectivity index (χ0) is 15.0. The van der Waals surface area contributed by atoms with Crippen molar-refractivity contribution in [3.63, 3.8) is 0 Å². The average molecular weight is 301 g/mol. The number of sulfone groups is 1. The number of nitrogens with two attached hydrogens (primary N) is 1. The van der Waals surface area contributed by atoms with Gasteiger partial charge in [-0.15, -0.1) is 0 Å². The van der Waals surface area contributed by atoms with E-state index in [1.165, 1.54) is 19.2 Å². The van der Waals surface area contributed by atoms with Crippen molar-refractivity contribution in [2.24, 2.45) is 11.1 Å². The van der Waals surface area contributed by atoms with E-state index in [9.17, 15) is 12.8 Å². The topological polar surface area (TPSA) is 69.4 Å². The van der Waals surface area contributed by atoms with Gasteiger partial charge in [-0.2, -0.15) is 0 Å². The van der Waals surface area contributed by atoms with E-state index in [0.717, 1.165) is 5.56 Å². The van der Waals surface area contributed by atoms with Gasteiger partial charge in [0.05, 0.1) is 11.9 Å². The Morgan fingerprint density at radius 2 is 1.95 bits per heavy atom. The van der Waals surface area contributed by atoms with Crippen LogP contribution in [0.5, 0.6) is 0 Å². The van der Waals surface area contributed by atoms with Crippen molar-refractivity contribution >= 4 is 9.84 Å². The fourth-order valence-corrected chi connectivity index (χ4v) is 5.27. The van der Waals surface area contributed by atoms with Crippen molar-refractivity contribution in [3.05, 3.63) is 35.6 Å². The molecule has 1 fully saturated rings. The zero-order valence-electron chi connectivity index (χ0n) is 11.7. The lowest BCUT2D eigenvalue weighted by Gasteiger charge is -2.14. The van der Waals surface area contributed by atoms with Crippen LogP contribution in [-0.2, 0) is 14.6 Å². The third kappa shape index (κ3) is 2.36. The van der Waals surface area contributed by atoms with Crippen LogP contribution in [0.1, 0.15) is 18.4 Å². The molecule has 0 spiro atoms. The minimum Gasteiger partial charge on any atom is -0.384 e. The van der Waals surface area contributed by atoms with Crippen LogP contribution in [0.15, 0.2) is 24.3 Å². The van der Waals surface area contributed by atoms with Gasteiger partial charge in [0.2, 0.25) is 0 Å². The van der Waals surface area contributed by atoms with Gasteiger partial charge in [0, 0.05) is 30.7 Å². The monoisotopic (exact) mass is 301 g/mol. The molecule has 1 aliphatic carbocycles. The van der Waals surface area contributed by atoms with Crippen LogP contribution in [-0.4, -0.2) is 39.7 Å². The molecule has 0 aliphatic heterocycles. The van der Waals surface area contributed by atoms with Crippen molar-refractivity contribution in [1.82, 2.24) is 0 Å². The molecule has 2 rings (SSSR count). The van der Waals surface area contributed by atoms with Crippen molar-refractivity contribution < 1.29 is 17.5 Å². The second-order valence-corrected chi connectivity index (χ2v) is 7.68. The Morgan fingerprint density at radius 1 is 1.35 bits per heavy atom. The van der Waals surface area contributed by atoms with E-state index >= 15 is 0 Å². The SMILES string of the molecule is CCS(=O)(=O)[C@@H]1[C@@H](c2ccc(F)cc2)[C@]1(CN)COC. The number of ether oxygens (including phenoxy) is 1. The molecule has 0 bridgehead atoms. The van der Waals surface area contributed by atoms with Gasteiger partial charge in [-0.05, 0) is 17.7 Å². The minimum absolute atomic E-state index is 0.0703. The van der Waals surface area contributed by atoms with Gasteiger partial charge in [0.25, 0.3) is 0 Å². The van der Waals surface area contributed by atoms with Gasteiger partial charge < -0.3 is 10.5 Å². The first-order valence-electron chi connectivity index (χ1n) is 6.59. The highest BCUT2D eigenvalue weighted by atomic mass is 32.2. The molecule has 112 valence electrons. The lowest BCUT2D eigenvalue weighted by Crippen LogP contribution is -2.28. The zero-order valence-corrected chi connectivity index (χ0v) is 12.5. The van der Waals surface area contributed by atoms with Crippen LogP contribution in [0.3, 0.4) is 0 Å². The van der Waals surface area contributed by atoms with Crippen LogP contribution in [0.4, 0.5) is 4.39 Å². The van der Waals surface area contributed by atoms with E-state index in [0.29, 0.717) is 0 Å². The molecule has 0 radical (unpaired) electrons. The summed E-state index contributed by atoms with van der Waals surface area (Å²) < 4.78 is 42.8. The molecule has 1 aromatic rings. The second kappa shape index (κ2) is 5.42. The van der Waals surface area contributed by atoms with E-state index in [1.54, 1.807) is 19.1 Å². The predicted molar refractivity (Wildman–Crippen MR) is 75.8 cm³/mol. The Hall–Kier alpha value is -0.980. The molecule has 0 aromatic heterocycles. The number of rotatable bonds is 6. The lowest BCUT2D eigenvalue weighted by molar-refractivity contribution is 0.142. The largest absolute Gasteiger partial charge is 0.384 e. The van der Waals surface area contributed by atoms with E-state index in [1.807, 2.05) is 0 Å². The molecule has 0 heterocycles. The summed E-state index contributed by atoms with van der Waals surface area (Å²) in [7, 11) is -1.69. The van der Waals surface area contributed by atoms with Crippen molar-refractivity contribution in [2.45, 2.75) is 18.1 Å². The maximum atomic E-state index is 13.0. The summed E-state index contributed by atoms with van der Waals surface area (Å²) in [4.78, 5) is 0. The fraction of sp³-hybridized carbons (Fsp3) is 0.571. The number of halogens is 1. The van der Waals surface area contributed by atoms with Crippen LogP contribution in [0.25, 0.3) is 0 Å². The van der Waals surface area contributed by atoms with Gasteiger partial charge in [-0.25, -0.2) is 12.8 Å². The summed E-state index contributed by atoms with van der Waals surface area (Å²) in [6, 6.07) is 5.95. The maximum absolute atomic E-state index is 13.0. The Kier molecular flexibility index (Phi) is 4.18. The molecule has 1 aromatic carbocycles. The smallest absolute Gasteiger partial charge is 0.154 e. The first-order chi connectivity index (χ1) is 9.43. The van der Waals surface area contributed by atoms with Crippen LogP contribution >= 0.6 is 0 Å². The van der Waals surface area contributed by atoms with Crippen LogP contribution in [0.2, 0.25) is 0 Å². The highest BCUT2D eigenvalue weighted by Gasteiger charge is 2.69. The molecule has 6 heteroatoms. The Labute approximate surface area is 119 Å². The quantitative estimate of drug-likeness (QED) is 0.860. The molecule has 0 amide bonds. The van der Waals surface area contributed by atoms with E-state index in [4.69, 9.17) is 10.5 Å². The summed E-state index contributed by atoms with van der Waals surface area (Å²) in [5.74, 6) is -0.492. The fourth-order valence-electron chi connectivity index (χ4n) is 3.12. The van der Waals surface area contributed by atoms with Gasteiger partial charge in [-0.3, -0.25) is 0 Å². The van der Waals surface area contributed by atoms with Crippen molar-refractivity contribution in [3.8, 4) is 0 Å². The van der Waals surface area contributed by atoms with E-state index in [2.05, 4.69) is 0 Å². The molecule has 0 unspecified atom stereocenters. The molecule has 1 saturated carbocycles. The standard InChI is InChI=1S/C14H20FNO3S/c1-3-20(17,18)13-12(14(13,8-16)9-19-2)10-4-6-11(15)7-5-10/h4-7,12-13H,3,8-9,16H2,1-2H3/t12-,13-,14+/m1/s1. The minimum atomic E-state index is -3.23. The van der Waals surface area contributed by atoms with Gasteiger partial charge in [0.1, 0.15) is 5.82 Å². The second-order valence-electron chi connectivity index (χ2n) is 5.27. The van der Waals surface area contributed by atoms with Crippen LogP contribution in [0, 0.1) is 11.2 Å². The number of hydrogen-bond acceptors (Lipinski definition) is 4. The van der Waals surface area contributed by atoms with Gasteiger partial charge >= 0.3 is 0 Å². The van der Waals surface area contributed by atoms with Gasteiger partial charge in [0.15, 0.2) is 9.84 Å². The number of methoxy groups -OCH3 is 1. The van der Waals surface area contributed by atoms with E-state index < -0.39 is 20.5 Å². The molecule has 2 N–H and O–H groups in total. The summed E-state index contributed by atoms with van der Waals surface area (Å²) in [5, 5.41) is -0.546. The summed E-state index contributed by atoms with van der Waals surface area (Å²) in [5.41, 5.74) is 6.04. The average Bonchev–Trinajstić information content (AvgIpc) is 3.10. The molecule has 0 saturated heterocycles. The summed E-state index contributed by atoms with van der Waals surface area (Å²) in [6.07, 6.45) is 0. The Morgan fingerprint density at radius 3 is 2.40 bits per heavy atom. The molecular weight excluding hydrogens is 281 g/mol. The normalized spacial score (nSPS) is 29.4. The lowest BCUT2D eigenvalue weighted by atomic mass is 10.00.